The van der Waals surface area contributed by atoms with E-state index in [4.69, 9.17) is 0 Å². The lowest BCUT2D eigenvalue weighted by atomic mass is 9.87. The Kier molecular flexibility index (Phi) is 4.94. The summed E-state index contributed by atoms with van der Waals surface area (Å²) in [5.74, 6) is -3.02. The summed E-state index contributed by atoms with van der Waals surface area (Å²) in [6.45, 7) is -2.47. The highest BCUT2D eigenvalue weighted by Crippen LogP contribution is 2.51. The molecule has 0 aromatic heterocycles. The number of hydrogen-bond donors (Lipinski definition) is 0. The number of rotatable bonds is 3. The minimum atomic E-state index is -5.85. The monoisotopic (exact) mass is 306 g/mol. The lowest BCUT2D eigenvalue weighted by Crippen LogP contribution is -2.46. The molecule has 0 heterocycles. The van der Waals surface area contributed by atoms with E-state index in [9.17, 15) is 43.9 Å². The Hall–Kier alpha value is -0.960. The molecule has 0 radical (unpaired) electrons. The Labute approximate surface area is 101 Å². The summed E-state index contributed by atoms with van der Waals surface area (Å²) in [5, 5.41) is 0. The molecule has 0 fully saturated rings. The second-order valence-corrected chi connectivity index (χ2v) is 3.86. The van der Waals surface area contributed by atoms with Crippen LogP contribution in [0.5, 0.6) is 0 Å². The minimum Gasteiger partial charge on any atom is -0.250 e. The van der Waals surface area contributed by atoms with E-state index in [0.717, 1.165) is 0 Å². The van der Waals surface area contributed by atoms with E-state index in [0.29, 0.717) is 0 Å². The highest BCUT2D eigenvalue weighted by atomic mass is 19.4. The maximum Gasteiger partial charge on any atom is 0.406 e. The fourth-order valence-electron chi connectivity index (χ4n) is 0.906. The second-order valence-electron chi connectivity index (χ2n) is 3.86. The molecule has 0 aromatic carbocycles. The highest BCUT2D eigenvalue weighted by Gasteiger charge is 2.66. The van der Waals surface area contributed by atoms with Crippen molar-refractivity contribution in [2.24, 2.45) is 11.3 Å². The average molecular weight is 306 g/mol. The summed E-state index contributed by atoms with van der Waals surface area (Å²) in [6, 6.07) is 0. The fraction of sp³-hybridized carbons (Fsp3) is 0.778. The number of allylic oxidation sites excluding steroid dienone is 2. The van der Waals surface area contributed by atoms with Crippen molar-refractivity contribution in [2.75, 3.05) is 6.67 Å². The third kappa shape index (κ3) is 4.00. The van der Waals surface area contributed by atoms with E-state index in [1.807, 2.05) is 0 Å². The summed E-state index contributed by atoms with van der Waals surface area (Å²) in [4.78, 5) is 0. The highest BCUT2D eigenvalue weighted by molar-refractivity contribution is 5.08. The van der Waals surface area contributed by atoms with Crippen molar-refractivity contribution in [2.45, 2.75) is 25.5 Å². The number of alkyl halides is 10. The zero-order valence-corrected chi connectivity index (χ0v) is 9.22. The van der Waals surface area contributed by atoms with Crippen LogP contribution in [-0.2, 0) is 0 Å². The van der Waals surface area contributed by atoms with Crippen molar-refractivity contribution in [1.82, 2.24) is 0 Å². The van der Waals surface area contributed by atoms with Crippen molar-refractivity contribution in [3.05, 3.63) is 12.2 Å². The molecule has 0 aliphatic heterocycles. The van der Waals surface area contributed by atoms with Crippen LogP contribution in [0.3, 0.4) is 0 Å². The van der Waals surface area contributed by atoms with Crippen LogP contribution in [0, 0.1) is 11.3 Å². The van der Waals surface area contributed by atoms with E-state index in [1.54, 1.807) is 0 Å². The van der Waals surface area contributed by atoms with Crippen LogP contribution < -0.4 is 0 Å². The van der Waals surface area contributed by atoms with Crippen LogP contribution in [0.15, 0.2) is 12.2 Å². The summed E-state index contributed by atoms with van der Waals surface area (Å²) in [6.07, 6.45) is -18.1. The van der Waals surface area contributed by atoms with Gasteiger partial charge in [0.05, 0.1) is 0 Å². The Morgan fingerprint density at radius 1 is 0.842 bits per heavy atom. The standard InChI is InChI=1S/C9H8F10/c1-6(8(14,15)16,9(17,18)19)3-2-5(4-10)7(11,12)13/h2-3,5H,4H2,1H3. The lowest BCUT2D eigenvalue weighted by molar-refractivity contribution is -0.315. The summed E-state index contributed by atoms with van der Waals surface area (Å²) >= 11 is 0. The quantitative estimate of drug-likeness (QED) is 0.518. The van der Waals surface area contributed by atoms with Crippen LogP contribution in [0.1, 0.15) is 6.92 Å². The smallest absolute Gasteiger partial charge is 0.250 e. The van der Waals surface area contributed by atoms with Crippen LogP contribution in [0.2, 0.25) is 0 Å². The lowest BCUT2D eigenvalue weighted by Gasteiger charge is -2.31. The Bertz CT molecular complexity index is 303. The van der Waals surface area contributed by atoms with Crippen molar-refractivity contribution in [1.29, 1.82) is 0 Å². The molecular weight excluding hydrogens is 298 g/mol. The van der Waals surface area contributed by atoms with E-state index < -0.39 is 48.7 Å². The van der Waals surface area contributed by atoms with Gasteiger partial charge in [-0.05, 0) is 6.92 Å². The molecule has 0 rings (SSSR count). The maximum absolute atomic E-state index is 12.3. The fourth-order valence-corrected chi connectivity index (χ4v) is 0.906. The van der Waals surface area contributed by atoms with Gasteiger partial charge >= 0.3 is 18.5 Å². The van der Waals surface area contributed by atoms with Gasteiger partial charge < -0.3 is 0 Å². The van der Waals surface area contributed by atoms with Crippen LogP contribution in [0.25, 0.3) is 0 Å². The largest absolute Gasteiger partial charge is 0.406 e. The van der Waals surface area contributed by atoms with E-state index in [2.05, 4.69) is 0 Å². The Balaban J connectivity index is 5.50. The molecule has 0 amide bonds. The molecule has 0 aliphatic carbocycles. The first-order valence-electron chi connectivity index (χ1n) is 4.62. The molecule has 1 unspecified atom stereocenters. The first-order valence-corrected chi connectivity index (χ1v) is 4.62. The third-order valence-corrected chi connectivity index (χ3v) is 2.43. The topological polar surface area (TPSA) is 0 Å². The van der Waals surface area contributed by atoms with Crippen LogP contribution in [-0.4, -0.2) is 25.2 Å². The molecule has 0 N–H and O–H groups in total. The van der Waals surface area contributed by atoms with Gasteiger partial charge in [-0.2, -0.15) is 39.5 Å². The van der Waals surface area contributed by atoms with E-state index in [-0.39, 0.29) is 6.92 Å². The first-order chi connectivity index (χ1) is 8.17. The molecule has 0 bridgehead atoms. The van der Waals surface area contributed by atoms with Gasteiger partial charge in [0.1, 0.15) is 12.6 Å². The molecule has 0 saturated carbocycles. The molecule has 0 aromatic rings. The first kappa shape index (κ1) is 18.0. The second kappa shape index (κ2) is 5.20. The van der Waals surface area contributed by atoms with Gasteiger partial charge in [0.15, 0.2) is 5.41 Å². The Morgan fingerprint density at radius 3 is 1.42 bits per heavy atom. The van der Waals surface area contributed by atoms with Crippen molar-refractivity contribution < 1.29 is 43.9 Å². The minimum absolute atomic E-state index is 0.324. The van der Waals surface area contributed by atoms with E-state index in [1.165, 1.54) is 0 Å². The molecule has 19 heavy (non-hydrogen) atoms. The van der Waals surface area contributed by atoms with Crippen molar-refractivity contribution in [3.63, 3.8) is 0 Å². The average Bonchev–Trinajstić information content (AvgIpc) is 2.12. The van der Waals surface area contributed by atoms with E-state index >= 15 is 0 Å². The third-order valence-electron chi connectivity index (χ3n) is 2.43. The summed E-state index contributed by atoms with van der Waals surface area (Å²) in [7, 11) is 0. The predicted octanol–water partition coefficient (Wildman–Crippen LogP) is 4.82. The molecular formula is C9H8F10. The zero-order valence-electron chi connectivity index (χ0n) is 9.22. The number of hydrogen-bond acceptors (Lipinski definition) is 0. The van der Waals surface area contributed by atoms with Crippen molar-refractivity contribution >= 4 is 0 Å². The molecule has 10 heteroatoms. The van der Waals surface area contributed by atoms with Gasteiger partial charge in [0.2, 0.25) is 0 Å². The van der Waals surface area contributed by atoms with Gasteiger partial charge in [0, 0.05) is 0 Å². The molecule has 0 saturated heterocycles. The molecule has 0 nitrogen and oxygen atoms in total. The van der Waals surface area contributed by atoms with Crippen molar-refractivity contribution in [3.8, 4) is 0 Å². The Morgan fingerprint density at radius 2 is 1.21 bits per heavy atom. The molecule has 0 aliphatic rings. The SMILES string of the molecule is CC(C=CC(CF)C(F)(F)F)(C(F)(F)F)C(F)(F)F. The van der Waals surface area contributed by atoms with Gasteiger partial charge in [-0.15, -0.1) is 0 Å². The maximum atomic E-state index is 12.3. The van der Waals surface area contributed by atoms with Gasteiger partial charge in [-0.1, -0.05) is 12.2 Å². The van der Waals surface area contributed by atoms with Gasteiger partial charge in [-0.25, -0.2) is 0 Å². The molecule has 0 spiro atoms. The summed E-state index contributed by atoms with van der Waals surface area (Å²) < 4.78 is 122. The zero-order chi connectivity index (χ0) is 15.7. The molecule has 1 atom stereocenters. The predicted molar refractivity (Wildman–Crippen MR) is 44.9 cm³/mol. The van der Waals surface area contributed by atoms with Gasteiger partial charge in [0.25, 0.3) is 0 Å². The van der Waals surface area contributed by atoms with Crippen LogP contribution in [0.4, 0.5) is 43.9 Å². The van der Waals surface area contributed by atoms with Gasteiger partial charge in [-0.3, -0.25) is 4.39 Å². The normalized spacial score (nSPS) is 17.0. The van der Waals surface area contributed by atoms with Crippen LogP contribution >= 0.6 is 0 Å². The number of halogens is 10. The summed E-state index contributed by atoms with van der Waals surface area (Å²) in [5.41, 5.74) is -4.47. The molecule has 114 valence electrons.